The van der Waals surface area contributed by atoms with Crippen LogP contribution in [0.2, 0.25) is 0 Å². The maximum Gasteiger partial charge on any atom is 0.191 e. The number of furan rings is 1. The predicted molar refractivity (Wildman–Crippen MR) is 120 cm³/mol. The molecule has 3 N–H and O–H groups in total. The van der Waals surface area contributed by atoms with E-state index in [0.717, 1.165) is 11.3 Å². The summed E-state index contributed by atoms with van der Waals surface area (Å²) in [5.74, 6) is 2.10. The first kappa shape index (κ1) is 24.0. The van der Waals surface area contributed by atoms with Gasteiger partial charge >= 0.3 is 0 Å². The Labute approximate surface area is 179 Å². The van der Waals surface area contributed by atoms with E-state index < -0.39 is 15.4 Å². The van der Waals surface area contributed by atoms with Crippen LogP contribution in [0.3, 0.4) is 0 Å². The van der Waals surface area contributed by atoms with Gasteiger partial charge in [0, 0.05) is 18.7 Å². The summed E-state index contributed by atoms with van der Waals surface area (Å²) in [7, 11) is -3.17. The number of nitrogens with zero attached hydrogens (tertiary/aromatic N) is 1. The summed E-state index contributed by atoms with van der Waals surface area (Å²) in [6.45, 7) is 8.58. The summed E-state index contributed by atoms with van der Waals surface area (Å²) in [4.78, 5) is 4.47. The SMILES string of the molecule is CCNC(=NCC(C)(O)c1cc(C)oc1C)NCCCS(=O)(=O)Cc1ccccc1. The topological polar surface area (TPSA) is 104 Å². The molecule has 1 aromatic heterocycles. The Kier molecular flexibility index (Phi) is 8.49. The highest BCUT2D eigenvalue weighted by molar-refractivity contribution is 7.90. The van der Waals surface area contributed by atoms with Gasteiger partial charge in [0.15, 0.2) is 15.8 Å². The van der Waals surface area contributed by atoms with E-state index in [9.17, 15) is 13.5 Å². The van der Waals surface area contributed by atoms with E-state index >= 15 is 0 Å². The van der Waals surface area contributed by atoms with Crippen LogP contribution < -0.4 is 10.6 Å². The van der Waals surface area contributed by atoms with Gasteiger partial charge in [-0.25, -0.2) is 13.4 Å². The fraction of sp³-hybridized carbons (Fsp3) is 0.500. The third kappa shape index (κ3) is 7.50. The minimum atomic E-state index is -3.17. The number of hydrogen-bond acceptors (Lipinski definition) is 5. The van der Waals surface area contributed by atoms with Gasteiger partial charge in [0.2, 0.25) is 0 Å². The van der Waals surface area contributed by atoms with Crippen molar-refractivity contribution in [3.05, 3.63) is 59.0 Å². The summed E-state index contributed by atoms with van der Waals surface area (Å²) < 4.78 is 30.1. The molecule has 0 fully saturated rings. The van der Waals surface area contributed by atoms with Gasteiger partial charge in [-0.1, -0.05) is 30.3 Å². The number of sulfone groups is 1. The number of rotatable bonds is 10. The zero-order valence-electron chi connectivity index (χ0n) is 18.2. The first-order valence-electron chi connectivity index (χ1n) is 10.2. The highest BCUT2D eigenvalue weighted by atomic mass is 32.2. The Morgan fingerprint density at radius 3 is 2.50 bits per heavy atom. The zero-order valence-corrected chi connectivity index (χ0v) is 19.1. The van der Waals surface area contributed by atoms with Gasteiger partial charge < -0.3 is 20.2 Å². The standard InChI is InChI=1S/C22H33N3O4S/c1-5-23-21(25-16-22(4,26)20-14-17(2)29-18(20)3)24-12-9-13-30(27,28)15-19-10-7-6-8-11-19/h6-8,10-11,14,26H,5,9,12-13,15-16H2,1-4H3,(H2,23,24,25). The highest BCUT2D eigenvalue weighted by Crippen LogP contribution is 2.27. The number of aryl methyl sites for hydroxylation is 2. The van der Waals surface area contributed by atoms with Crippen molar-refractivity contribution < 1.29 is 17.9 Å². The molecule has 30 heavy (non-hydrogen) atoms. The predicted octanol–water partition coefficient (Wildman–Crippen LogP) is 2.66. The van der Waals surface area contributed by atoms with Crippen LogP contribution in [0.4, 0.5) is 0 Å². The Balaban J connectivity index is 1.88. The molecule has 0 radical (unpaired) electrons. The maximum atomic E-state index is 12.3. The van der Waals surface area contributed by atoms with Crippen molar-refractivity contribution in [1.29, 1.82) is 0 Å². The average Bonchev–Trinajstić information content (AvgIpc) is 3.02. The molecule has 0 saturated heterocycles. The summed E-state index contributed by atoms with van der Waals surface area (Å²) in [6, 6.07) is 11.0. The molecule has 7 nitrogen and oxygen atoms in total. The Hall–Kier alpha value is -2.32. The second kappa shape index (κ2) is 10.6. The van der Waals surface area contributed by atoms with Gasteiger partial charge in [-0.2, -0.15) is 0 Å². The van der Waals surface area contributed by atoms with Gasteiger partial charge in [-0.15, -0.1) is 0 Å². The summed E-state index contributed by atoms with van der Waals surface area (Å²) in [5, 5.41) is 17.1. The number of nitrogens with one attached hydrogen (secondary N) is 2. The van der Waals surface area contributed by atoms with E-state index in [1.54, 1.807) is 6.92 Å². The van der Waals surface area contributed by atoms with Crippen molar-refractivity contribution in [2.45, 2.75) is 45.5 Å². The molecule has 0 aliphatic rings. The number of guanidine groups is 1. The fourth-order valence-corrected chi connectivity index (χ4v) is 4.65. The van der Waals surface area contributed by atoms with E-state index in [-0.39, 0.29) is 18.1 Å². The molecule has 1 heterocycles. The Morgan fingerprint density at radius 2 is 1.90 bits per heavy atom. The molecule has 0 spiro atoms. The lowest BCUT2D eigenvalue weighted by Gasteiger charge is -2.21. The van der Waals surface area contributed by atoms with Crippen molar-refractivity contribution in [1.82, 2.24) is 10.6 Å². The minimum absolute atomic E-state index is 0.0499. The highest BCUT2D eigenvalue weighted by Gasteiger charge is 2.27. The average molecular weight is 436 g/mol. The molecule has 2 rings (SSSR count). The van der Waals surface area contributed by atoms with Crippen molar-refractivity contribution in [2.24, 2.45) is 4.99 Å². The molecule has 0 amide bonds. The van der Waals surface area contributed by atoms with Crippen LogP contribution in [0, 0.1) is 13.8 Å². The van der Waals surface area contributed by atoms with Crippen LogP contribution in [-0.2, 0) is 21.2 Å². The van der Waals surface area contributed by atoms with Crippen molar-refractivity contribution in [3.63, 3.8) is 0 Å². The minimum Gasteiger partial charge on any atom is -0.466 e. The molecular formula is C22H33N3O4S. The smallest absolute Gasteiger partial charge is 0.191 e. The molecular weight excluding hydrogens is 402 g/mol. The first-order chi connectivity index (χ1) is 14.1. The monoisotopic (exact) mass is 435 g/mol. The molecule has 1 aromatic carbocycles. The molecule has 1 atom stereocenters. The first-order valence-corrected chi connectivity index (χ1v) is 12.0. The molecule has 8 heteroatoms. The van der Waals surface area contributed by atoms with Gasteiger partial charge in [0.1, 0.15) is 17.1 Å². The molecule has 166 valence electrons. The molecule has 1 unspecified atom stereocenters. The van der Waals surface area contributed by atoms with E-state index in [0.29, 0.717) is 36.8 Å². The van der Waals surface area contributed by atoms with Gasteiger partial charge in [-0.3, -0.25) is 0 Å². The van der Waals surface area contributed by atoms with Crippen LogP contribution >= 0.6 is 0 Å². The summed E-state index contributed by atoms with van der Waals surface area (Å²) >= 11 is 0. The van der Waals surface area contributed by atoms with Crippen molar-refractivity contribution in [3.8, 4) is 0 Å². The molecule has 0 aliphatic heterocycles. The summed E-state index contributed by atoms with van der Waals surface area (Å²) in [5.41, 5.74) is 0.349. The Morgan fingerprint density at radius 1 is 1.20 bits per heavy atom. The second-order valence-corrected chi connectivity index (χ2v) is 9.84. The second-order valence-electron chi connectivity index (χ2n) is 7.65. The third-order valence-corrected chi connectivity index (χ3v) is 6.35. The van der Waals surface area contributed by atoms with Crippen LogP contribution in [0.5, 0.6) is 0 Å². The lowest BCUT2D eigenvalue weighted by molar-refractivity contribution is 0.0657. The lowest BCUT2D eigenvalue weighted by atomic mass is 9.96. The van der Waals surface area contributed by atoms with Crippen molar-refractivity contribution >= 4 is 15.8 Å². The van der Waals surface area contributed by atoms with E-state index in [4.69, 9.17) is 4.42 Å². The fourth-order valence-electron chi connectivity index (χ4n) is 3.22. The van der Waals surface area contributed by atoms with Crippen LogP contribution in [0.1, 0.15) is 42.9 Å². The Bertz CT molecular complexity index is 935. The molecule has 0 aliphatic carbocycles. The molecule has 2 aromatic rings. The summed E-state index contributed by atoms with van der Waals surface area (Å²) in [6.07, 6.45) is 0.468. The van der Waals surface area contributed by atoms with Crippen molar-refractivity contribution in [2.75, 3.05) is 25.4 Å². The normalized spacial score (nSPS) is 14.4. The third-order valence-electron chi connectivity index (χ3n) is 4.66. The number of aliphatic imine (C=N–C) groups is 1. The van der Waals surface area contributed by atoms with Crippen LogP contribution in [0.15, 0.2) is 45.8 Å². The number of benzene rings is 1. The van der Waals surface area contributed by atoms with Gasteiger partial charge in [0.25, 0.3) is 0 Å². The maximum absolute atomic E-state index is 12.3. The van der Waals surface area contributed by atoms with Crippen LogP contribution in [-0.4, -0.2) is 44.9 Å². The van der Waals surface area contributed by atoms with E-state index in [2.05, 4.69) is 15.6 Å². The molecule has 0 saturated carbocycles. The van der Waals surface area contributed by atoms with E-state index in [1.807, 2.05) is 57.2 Å². The molecule has 0 bridgehead atoms. The lowest BCUT2D eigenvalue weighted by Crippen LogP contribution is -2.39. The number of hydrogen-bond donors (Lipinski definition) is 3. The number of aliphatic hydroxyl groups is 1. The van der Waals surface area contributed by atoms with Gasteiger partial charge in [-0.05, 0) is 45.7 Å². The van der Waals surface area contributed by atoms with Gasteiger partial charge in [0.05, 0.1) is 18.1 Å². The largest absolute Gasteiger partial charge is 0.466 e. The van der Waals surface area contributed by atoms with E-state index in [1.165, 1.54) is 0 Å². The quantitative estimate of drug-likeness (QED) is 0.301. The van der Waals surface area contributed by atoms with Crippen LogP contribution in [0.25, 0.3) is 0 Å². The zero-order chi connectivity index (χ0) is 22.2.